The van der Waals surface area contributed by atoms with Crippen molar-refractivity contribution in [3.8, 4) is 0 Å². The number of thiophene rings is 1. The van der Waals surface area contributed by atoms with Gasteiger partial charge in [0.25, 0.3) is 0 Å². The second-order valence-corrected chi connectivity index (χ2v) is 6.14. The van der Waals surface area contributed by atoms with Gasteiger partial charge < -0.3 is 11.1 Å². The van der Waals surface area contributed by atoms with Gasteiger partial charge >= 0.3 is 0 Å². The highest BCUT2D eigenvalue weighted by Gasteiger charge is 2.11. The molecule has 19 heavy (non-hydrogen) atoms. The number of primary amides is 1. The van der Waals surface area contributed by atoms with Crippen LogP contribution in [-0.2, 0) is 0 Å². The van der Waals surface area contributed by atoms with Crippen molar-refractivity contribution in [2.75, 3.05) is 5.32 Å². The smallest absolute Gasteiger partial charge is 0.248 e. The summed E-state index contributed by atoms with van der Waals surface area (Å²) in [5, 5.41) is 3.41. The van der Waals surface area contributed by atoms with Crippen molar-refractivity contribution in [3.05, 3.63) is 51.2 Å². The van der Waals surface area contributed by atoms with Gasteiger partial charge in [0.2, 0.25) is 5.91 Å². The van der Waals surface area contributed by atoms with Gasteiger partial charge in [0.15, 0.2) is 0 Å². The van der Waals surface area contributed by atoms with Crippen molar-refractivity contribution in [3.63, 3.8) is 0 Å². The van der Waals surface area contributed by atoms with Crippen LogP contribution < -0.4 is 11.1 Å². The molecule has 0 saturated heterocycles. The molecule has 1 atom stereocenters. The third-order valence-corrected chi connectivity index (χ3v) is 4.06. The van der Waals surface area contributed by atoms with Crippen LogP contribution in [0.25, 0.3) is 0 Å². The molecule has 1 heterocycles. The molecule has 0 spiro atoms. The van der Waals surface area contributed by atoms with Gasteiger partial charge in [0.1, 0.15) is 0 Å². The molecule has 2 aromatic rings. The Bertz CT molecular complexity index is 604. The van der Waals surface area contributed by atoms with Crippen LogP contribution in [0.4, 0.5) is 5.69 Å². The molecule has 0 radical (unpaired) electrons. The summed E-state index contributed by atoms with van der Waals surface area (Å²) >= 11 is 1.80. The first kappa shape index (κ1) is 13.6. The van der Waals surface area contributed by atoms with Gasteiger partial charge in [0.05, 0.1) is 0 Å². The third kappa shape index (κ3) is 3.15. The summed E-state index contributed by atoms with van der Waals surface area (Å²) in [4.78, 5) is 13.8. The number of amides is 1. The van der Waals surface area contributed by atoms with Gasteiger partial charge in [-0.05, 0) is 50.6 Å². The number of nitrogens with two attached hydrogens (primary N) is 1. The van der Waals surface area contributed by atoms with Crippen molar-refractivity contribution in [1.82, 2.24) is 0 Å². The predicted octanol–water partition coefficient (Wildman–Crippen LogP) is 3.64. The summed E-state index contributed by atoms with van der Waals surface area (Å²) in [6, 6.07) is 9.69. The third-order valence-electron chi connectivity index (χ3n) is 3.08. The number of rotatable bonds is 4. The molecule has 100 valence electrons. The van der Waals surface area contributed by atoms with Crippen LogP contribution in [0.1, 0.15) is 38.6 Å². The Morgan fingerprint density at radius 3 is 2.63 bits per heavy atom. The number of benzene rings is 1. The van der Waals surface area contributed by atoms with Gasteiger partial charge in [-0.3, -0.25) is 4.79 Å². The van der Waals surface area contributed by atoms with E-state index in [1.165, 1.54) is 15.3 Å². The summed E-state index contributed by atoms with van der Waals surface area (Å²) in [6.45, 7) is 6.36. The average molecular weight is 274 g/mol. The first-order chi connectivity index (χ1) is 8.97. The zero-order valence-corrected chi connectivity index (χ0v) is 12.2. The molecule has 1 aromatic carbocycles. The lowest BCUT2D eigenvalue weighted by molar-refractivity contribution is 0.100. The molecule has 3 N–H and O–H groups in total. The minimum absolute atomic E-state index is 0.202. The Hall–Kier alpha value is -1.81. The Kier molecular flexibility index (Phi) is 3.90. The summed E-state index contributed by atoms with van der Waals surface area (Å²) in [6.07, 6.45) is 0. The molecule has 1 unspecified atom stereocenters. The van der Waals surface area contributed by atoms with Gasteiger partial charge in [-0.2, -0.15) is 0 Å². The van der Waals surface area contributed by atoms with Crippen LogP contribution in [0.15, 0.2) is 30.3 Å². The molecular formula is C15H18N2OS. The SMILES string of the molecule is Cc1cc(C(C)Nc2cccc(C(N)=O)c2)c(C)s1. The summed E-state index contributed by atoms with van der Waals surface area (Å²) in [5.74, 6) is -0.404. The van der Waals surface area contributed by atoms with E-state index in [1.807, 2.05) is 12.1 Å². The molecule has 2 rings (SSSR count). The largest absolute Gasteiger partial charge is 0.378 e. The van der Waals surface area contributed by atoms with E-state index in [-0.39, 0.29) is 6.04 Å². The van der Waals surface area contributed by atoms with E-state index in [4.69, 9.17) is 5.73 Å². The predicted molar refractivity (Wildman–Crippen MR) is 80.8 cm³/mol. The second-order valence-electron chi connectivity index (χ2n) is 4.68. The van der Waals surface area contributed by atoms with Crippen molar-refractivity contribution in [2.45, 2.75) is 26.8 Å². The van der Waals surface area contributed by atoms with Crippen LogP contribution >= 0.6 is 11.3 Å². The minimum atomic E-state index is -0.404. The van der Waals surface area contributed by atoms with E-state index in [2.05, 4.69) is 32.2 Å². The number of carbonyl (C=O) groups excluding carboxylic acids is 1. The lowest BCUT2D eigenvalue weighted by atomic mass is 10.1. The van der Waals surface area contributed by atoms with Gasteiger partial charge in [0, 0.05) is 27.0 Å². The number of nitrogens with one attached hydrogen (secondary N) is 1. The monoisotopic (exact) mass is 274 g/mol. The summed E-state index contributed by atoms with van der Waals surface area (Å²) < 4.78 is 0. The maximum Gasteiger partial charge on any atom is 0.248 e. The highest BCUT2D eigenvalue weighted by atomic mass is 32.1. The molecule has 1 aromatic heterocycles. The average Bonchev–Trinajstić information content (AvgIpc) is 2.69. The minimum Gasteiger partial charge on any atom is -0.378 e. The number of aryl methyl sites for hydroxylation is 2. The quantitative estimate of drug-likeness (QED) is 0.894. The fourth-order valence-electron chi connectivity index (χ4n) is 2.17. The van der Waals surface area contributed by atoms with E-state index < -0.39 is 5.91 Å². The molecule has 0 saturated carbocycles. The van der Waals surface area contributed by atoms with Gasteiger partial charge in [-0.1, -0.05) is 6.07 Å². The van der Waals surface area contributed by atoms with E-state index in [9.17, 15) is 4.79 Å². The Morgan fingerprint density at radius 2 is 2.05 bits per heavy atom. The lowest BCUT2D eigenvalue weighted by Gasteiger charge is -2.15. The van der Waals surface area contributed by atoms with Gasteiger partial charge in [-0.25, -0.2) is 0 Å². The van der Waals surface area contributed by atoms with Crippen molar-refractivity contribution in [2.24, 2.45) is 5.73 Å². The Balaban J connectivity index is 2.19. The Morgan fingerprint density at radius 1 is 1.32 bits per heavy atom. The first-order valence-electron chi connectivity index (χ1n) is 6.20. The molecule has 0 bridgehead atoms. The van der Waals surface area contributed by atoms with E-state index in [0.29, 0.717) is 5.56 Å². The molecule has 0 aliphatic carbocycles. The van der Waals surface area contributed by atoms with Crippen LogP contribution in [0, 0.1) is 13.8 Å². The number of hydrogen-bond donors (Lipinski definition) is 2. The lowest BCUT2D eigenvalue weighted by Crippen LogP contribution is -2.12. The van der Waals surface area contributed by atoms with Crippen molar-refractivity contribution < 1.29 is 4.79 Å². The highest BCUT2D eigenvalue weighted by molar-refractivity contribution is 7.12. The van der Waals surface area contributed by atoms with Crippen LogP contribution in [0.3, 0.4) is 0 Å². The maximum absolute atomic E-state index is 11.2. The zero-order valence-electron chi connectivity index (χ0n) is 11.4. The Labute approximate surface area is 117 Å². The van der Waals surface area contributed by atoms with Crippen LogP contribution in [-0.4, -0.2) is 5.91 Å². The van der Waals surface area contributed by atoms with E-state index >= 15 is 0 Å². The summed E-state index contributed by atoms with van der Waals surface area (Å²) in [7, 11) is 0. The molecule has 1 amide bonds. The molecule has 3 nitrogen and oxygen atoms in total. The molecular weight excluding hydrogens is 256 g/mol. The number of hydrogen-bond acceptors (Lipinski definition) is 3. The molecule has 0 fully saturated rings. The zero-order chi connectivity index (χ0) is 14.0. The number of carbonyl (C=O) groups is 1. The van der Waals surface area contributed by atoms with Crippen molar-refractivity contribution in [1.29, 1.82) is 0 Å². The maximum atomic E-state index is 11.2. The van der Waals surface area contributed by atoms with E-state index in [0.717, 1.165) is 5.69 Å². The summed E-state index contributed by atoms with van der Waals surface area (Å²) in [5.41, 5.74) is 8.02. The second kappa shape index (κ2) is 5.45. The topological polar surface area (TPSA) is 55.1 Å². The van der Waals surface area contributed by atoms with Crippen molar-refractivity contribution >= 4 is 22.9 Å². The highest BCUT2D eigenvalue weighted by Crippen LogP contribution is 2.28. The van der Waals surface area contributed by atoms with Crippen LogP contribution in [0.5, 0.6) is 0 Å². The first-order valence-corrected chi connectivity index (χ1v) is 7.02. The van der Waals surface area contributed by atoms with Gasteiger partial charge in [-0.15, -0.1) is 11.3 Å². The molecule has 0 aliphatic heterocycles. The normalized spacial score (nSPS) is 12.2. The fourth-order valence-corrected chi connectivity index (χ4v) is 3.19. The molecule has 4 heteroatoms. The standard InChI is InChI=1S/C15H18N2OS/c1-9-7-14(11(3)19-9)10(2)17-13-6-4-5-12(8-13)15(16)18/h4-8,10,17H,1-3H3,(H2,16,18). The molecule has 0 aliphatic rings. The van der Waals surface area contributed by atoms with Crippen LogP contribution in [0.2, 0.25) is 0 Å². The van der Waals surface area contributed by atoms with E-state index in [1.54, 1.807) is 23.5 Å². The number of anilines is 1. The fraction of sp³-hybridized carbons (Fsp3) is 0.267.